The Bertz CT molecular complexity index is 834. The zero-order valence-electron chi connectivity index (χ0n) is 12.5. The number of hydrogen-bond donors (Lipinski definition) is 1. The van der Waals surface area contributed by atoms with Crippen LogP contribution in [0.1, 0.15) is 22.9 Å². The van der Waals surface area contributed by atoms with Gasteiger partial charge in [0.25, 0.3) is 0 Å². The molecule has 0 radical (unpaired) electrons. The Labute approximate surface area is 161 Å². The van der Waals surface area contributed by atoms with Crippen molar-refractivity contribution in [3.05, 3.63) is 67.6 Å². The lowest BCUT2D eigenvalue weighted by atomic mass is 10.0. The van der Waals surface area contributed by atoms with Gasteiger partial charge in [-0.05, 0) is 33.6 Å². The first kappa shape index (κ1) is 17.4. The average Bonchev–Trinajstić information content (AvgIpc) is 3.22. The van der Waals surface area contributed by atoms with Crippen LogP contribution in [0.2, 0.25) is 5.02 Å². The summed E-state index contributed by atoms with van der Waals surface area (Å²) in [5, 5.41) is 9.99. The number of hydrogen-bond acceptors (Lipinski definition) is 5. The van der Waals surface area contributed by atoms with Crippen LogP contribution in [-0.4, -0.2) is 17.3 Å². The van der Waals surface area contributed by atoms with Gasteiger partial charge in [-0.1, -0.05) is 41.1 Å². The number of aromatic nitrogens is 1. The number of ether oxygens (including phenoxy) is 1. The van der Waals surface area contributed by atoms with E-state index in [0.717, 1.165) is 20.6 Å². The van der Waals surface area contributed by atoms with Gasteiger partial charge in [0.1, 0.15) is 20.7 Å². The molecule has 3 rings (SSSR count). The van der Waals surface area contributed by atoms with Crippen molar-refractivity contribution in [1.29, 1.82) is 0 Å². The third-order valence-electron chi connectivity index (χ3n) is 3.38. The smallest absolute Gasteiger partial charge is 0.154 e. The number of nitrogens with zero attached hydrogens (tertiary/aromatic N) is 1. The average molecular weight is 444 g/mol. The van der Waals surface area contributed by atoms with Crippen LogP contribution in [0.15, 0.2) is 50.3 Å². The van der Waals surface area contributed by atoms with Crippen molar-refractivity contribution < 1.29 is 9.26 Å². The fourth-order valence-corrected chi connectivity index (χ4v) is 4.11. The highest BCUT2D eigenvalue weighted by Crippen LogP contribution is 2.36. The van der Waals surface area contributed by atoms with E-state index in [0.29, 0.717) is 15.8 Å². The minimum atomic E-state index is -0.253. The van der Waals surface area contributed by atoms with Crippen molar-refractivity contribution in [1.82, 2.24) is 10.5 Å². The van der Waals surface area contributed by atoms with E-state index in [4.69, 9.17) is 33.1 Å². The molecule has 2 aromatic heterocycles. The van der Waals surface area contributed by atoms with E-state index < -0.39 is 0 Å². The fraction of sp³-hybridized carbons (Fsp3) is 0.125. The zero-order chi connectivity index (χ0) is 17.1. The van der Waals surface area contributed by atoms with Crippen molar-refractivity contribution in [2.24, 2.45) is 0 Å². The number of benzene rings is 1. The van der Waals surface area contributed by atoms with Crippen molar-refractivity contribution in [3.8, 4) is 5.75 Å². The Morgan fingerprint density at radius 1 is 1.38 bits per heavy atom. The van der Waals surface area contributed by atoms with Gasteiger partial charge in [-0.15, -0.1) is 11.3 Å². The Balaban J connectivity index is 1.92. The van der Waals surface area contributed by atoms with E-state index >= 15 is 0 Å². The largest absolute Gasteiger partial charge is 0.494 e. The molecule has 0 aliphatic carbocycles. The summed E-state index contributed by atoms with van der Waals surface area (Å²) in [6.07, 6.45) is 1.53. The Hall–Kier alpha value is -1.41. The molecule has 1 N–H and O–H groups in total. The summed E-state index contributed by atoms with van der Waals surface area (Å²) in [5.74, 6) is 0.715. The number of nitrogens with one attached hydrogen (secondary N) is 1. The lowest BCUT2D eigenvalue weighted by molar-refractivity contribution is 0.406. The maximum absolute atomic E-state index is 5.98. The van der Waals surface area contributed by atoms with Crippen molar-refractivity contribution in [2.75, 3.05) is 7.11 Å². The van der Waals surface area contributed by atoms with Crippen LogP contribution in [0.3, 0.4) is 0 Å². The molecular weight excluding hydrogens is 432 g/mol. The summed E-state index contributed by atoms with van der Waals surface area (Å²) in [7, 11) is 1.62. The lowest BCUT2D eigenvalue weighted by Crippen LogP contribution is -2.28. The van der Waals surface area contributed by atoms with Gasteiger partial charge in [-0.2, -0.15) is 0 Å². The first-order chi connectivity index (χ1) is 11.6. The van der Waals surface area contributed by atoms with Crippen LogP contribution < -0.4 is 10.1 Å². The molecule has 0 aliphatic heterocycles. The minimum absolute atomic E-state index is 0.253. The molecule has 4 nitrogen and oxygen atoms in total. The standard InChI is InChI=1S/C16H12BrClN2O2S2/c1-21-14-11(8-24-15(14)17)16(23)19-13(12-6-7-22-20-12)9-2-4-10(18)5-3-9/h2-8,13H,1H3,(H,19,23). The molecule has 0 spiro atoms. The molecule has 0 saturated heterocycles. The van der Waals surface area contributed by atoms with E-state index in [2.05, 4.69) is 26.4 Å². The second kappa shape index (κ2) is 7.65. The van der Waals surface area contributed by atoms with Crippen molar-refractivity contribution in [2.45, 2.75) is 6.04 Å². The Morgan fingerprint density at radius 3 is 2.75 bits per heavy atom. The maximum atomic E-state index is 5.98. The van der Waals surface area contributed by atoms with Gasteiger partial charge >= 0.3 is 0 Å². The Morgan fingerprint density at radius 2 is 2.12 bits per heavy atom. The molecular formula is C16H12BrClN2O2S2. The number of halogens is 2. The first-order valence-electron chi connectivity index (χ1n) is 6.87. The second-order valence-corrected chi connectivity index (χ2v) is 7.88. The predicted molar refractivity (Wildman–Crippen MR) is 103 cm³/mol. The Kier molecular flexibility index (Phi) is 5.55. The normalized spacial score (nSPS) is 12.0. The van der Waals surface area contributed by atoms with Gasteiger partial charge in [0.15, 0.2) is 5.75 Å². The number of thiocarbonyl (C=S) groups is 1. The zero-order valence-corrected chi connectivity index (χ0v) is 16.4. The van der Waals surface area contributed by atoms with Gasteiger partial charge in [0, 0.05) is 16.5 Å². The molecule has 2 heterocycles. The predicted octanol–water partition coefficient (Wildman–Crippen LogP) is 5.22. The van der Waals surface area contributed by atoms with Gasteiger partial charge in [-0.3, -0.25) is 0 Å². The fourth-order valence-electron chi connectivity index (χ4n) is 2.23. The monoisotopic (exact) mass is 442 g/mol. The second-order valence-electron chi connectivity index (χ2n) is 4.84. The topological polar surface area (TPSA) is 47.3 Å². The molecule has 1 aromatic carbocycles. The maximum Gasteiger partial charge on any atom is 0.154 e. The first-order valence-corrected chi connectivity index (χ1v) is 9.33. The molecule has 3 aromatic rings. The molecule has 1 unspecified atom stereocenters. The minimum Gasteiger partial charge on any atom is -0.494 e. The highest BCUT2D eigenvalue weighted by molar-refractivity contribution is 9.11. The molecule has 0 fully saturated rings. The third kappa shape index (κ3) is 3.64. The summed E-state index contributed by atoms with van der Waals surface area (Å²) in [6, 6.07) is 9.07. The molecule has 124 valence electrons. The summed E-state index contributed by atoms with van der Waals surface area (Å²) in [4.78, 5) is 0.566. The van der Waals surface area contributed by atoms with Gasteiger partial charge in [0.2, 0.25) is 0 Å². The lowest BCUT2D eigenvalue weighted by Gasteiger charge is -2.19. The summed E-state index contributed by atoms with van der Waals surface area (Å²) < 4.78 is 11.3. The van der Waals surface area contributed by atoms with Crippen LogP contribution in [0.25, 0.3) is 0 Å². The third-order valence-corrected chi connectivity index (χ3v) is 5.64. The van der Waals surface area contributed by atoms with E-state index in [1.54, 1.807) is 13.2 Å². The highest BCUT2D eigenvalue weighted by Gasteiger charge is 2.21. The molecule has 0 aliphatic rings. The summed E-state index contributed by atoms with van der Waals surface area (Å²) in [5.41, 5.74) is 2.53. The van der Waals surface area contributed by atoms with Crippen LogP contribution in [0.5, 0.6) is 5.75 Å². The number of methoxy groups -OCH3 is 1. The van der Waals surface area contributed by atoms with Crippen LogP contribution in [0.4, 0.5) is 0 Å². The van der Waals surface area contributed by atoms with Crippen molar-refractivity contribution >= 4 is 56.1 Å². The van der Waals surface area contributed by atoms with E-state index in [-0.39, 0.29) is 6.04 Å². The molecule has 8 heteroatoms. The van der Waals surface area contributed by atoms with Crippen LogP contribution in [-0.2, 0) is 0 Å². The molecule has 1 atom stereocenters. The highest BCUT2D eigenvalue weighted by atomic mass is 79.9. The number of thiophene rings is 1. The summed E-state index contributed by atoms with van der Waals surface area (Å²) in [6.45, 7) is 0. The van der Waals surface area contributed by atoms with E-state index in [1.165, 1.54) is 17.6 Å². The van der Waals surface area contributed by atoms with Gasteiger partial charge in [-0.25, -0.2) is 0 Å². The van der Waals surface area contributed by atoms with Gasteiger partial charge < -0.3 is 14.6 Å². The quantitative estimate of drug-likeness (QED) is 0.548. The van der Waals surface area contributed by atoms with Crippen molar-refractivity contribution in [3.63, 3.8) is 0 Å². The molecule has 0 amide bonds. The van der Waals surface area contributed by atoms with Crippen LogP contribution in [0, 0.1) is 0 Å². The van der Waals surface area contributed by atoms with Gasteiger partial charge in [0.05, 0.1) is 18.7 Å². The molecule has 24 heavy (non-hydrogen) atoms. The van der Waals surface area contributed by atoms with E-state index in [9.17, 15) is 0 Å². The SMILES string of the molecule is COc1c(C(=S)NC(c2ccc(Cl)cc2)c2ccon2)csc1Br. The summed E-state index contributed by atoms with van der Waals surface area (Å²) >= 11 is 16.5. The van der Waals surface area contributed by atoms with Crippen LogP contribution >= 0.6 is 51.1 Å². The van der Waals surface area contributed by atoms with E-state index in [1.807, 2.05) is 29.6 Å². The number of rotatable bonds is 5. The molecule has 0 bridgehead atoms. The molecule has 0 saturated carbocycles.